The maximum Gasteiger partial charge on any atom is 0.341 e. The average molecular weight is 585 g/mol. The van der Waals surface area contributed by atoms with E-state index in [1.807, 2.05) is 41.1 Å². The van der Waals surface area contributed by atoms with E-state index in [0.717, 1.165) is 11.3 Å². The number of esters is 1. The van der Waals surface area contributed by atoms with Crippen LogP contribution in [0.25, 0.3) is 11.1 Å². The normalized spacial score (nSPS) is 11.0. The molecule has 0 fully saturated rings. The maximum atomic E-state index is 12.9. The minimum absolute atomic E-state index is 0.0877. The van der Waals surface area contributed by atoms with Crippen LogP contribution in [0.2, 0.25) is 5.02 Å². The summed E-state index contributed by atoms with van der Waals surface area (Å²) < 4.78 is 12.8. The number of hydrogen-bond acceptors (Lipinski definition) is 8. The fraction of sp³-hybridized carbons (Fsp3) is 0.286. The predicted octanol–water partition coefficient (Wildman–Crippen LogP) is 6.90. The van der Waals surface area contributed by atoms with Gasteiger partial charge < -0.3 is 19.4 Å². The summed E-state index contributed by atoms with van der Waals surface area (Å²) in [7, 11) is 1.31. The molecule has 4 rings (SSSR count). The first kappa shape index (κ1) is 28.7. The van der Waals surface area contributed by atoms with Gasteiger partial charge >= 0.3 is 5.97 Å². The number of thiophene rings is 1. The lowest BCUT2D eigenvalue weighted by Gasteiger charge is -2.10. The van der Waals surface area contributed by atoms with E-state index in [1.54, 1.807) is 12.1 Å². The van der Waals surface area contributed by atoms with Gasteiger partial charge in [0.25, 0.3) is 0 Å². The highest BCUT2D eigenvalue weighted by atomic mass is 35.5. The van der Waals surface area contributed by atoms with Gasteiger partial charge in [-0.05, 0) is 48.2 Å². The average Bonchev–Trinajstić information content (AvgIpc) is 3.54. The number of carbonyl (C=O) groups is 2. The van der Waals surface area contributed by atoms with E-state index >= 15 is 0 Å². The second-order valence-corrected chi connectivity index (χ2v) is 11.1. The lowest BCUT2D eigenvalue weighted by molar-refractivity contribution is -0.113. The molecule has 0 saturated heterocycles. The van der Waals surface area contributed by atoms with E-state index in [2.05, 4.69) is 41.5 Å². The molecule has 0 radical (unpaired) electrons. The van der Waals surface area contributed by atoms with Gasteiger partial charge in [0.05, 0.1) is 12.9 Å². The van der Waals surface area contributed by atoms with Crippen LogP contribution < -0.4 is 10.1 Å². The quantitative estimate of drug-likeness (QED) is 0.151. The molecule has 1 N–H and O–H groups in total. The lowest BCUT2D eigenvalue weighted by Crippen LogP contribution is -2.16. The zero-order valence-corrected chi connectivity index (χ0v) is 24.5. The molecule has 4 aromatic rings. The monoisotopic (exact) mass is 584 g/mol. The molecule has 0 spiro atoms. The van der Waals surface area contributed by atoms with Crippen molar-refractivity contribution >= 4 is 51.6 Å². The second-order valence-electron chi connectivity index (χ2n) is 8.84. The van der Waals surface area contributed by atoms with Crippen molar-refractivity contribution in [1.82, 2.24) is 14.8 Å². The fourth-order valence-electron chi connectivity index (χ4n) is 3.84. The van der Waals surface area contributed by atoms with E-state index < -0.39 is 5.97 Å². The van der Waals surface area contributed by atoms with Gasteiger partial charge in [-0.1, -0.05) is 61.5 Å². The molecule has 11 heteroatoms. The van der Waals surface area contributed by atoms with Crippen molar-refractivity contribution in [2.45, 2.75) is 45.0 Å². The van der Waals surface area contributed by atoms with Crippen LogP contribution in [0.4, 0.5) is 5.00 Å². The molecular formula is C28H29ClN4O4S2. The number of halogens is 1. The van der Waals surface area contributed by atoms with Crippen LogP contribution in [0.1, 0.15) is 48.4 Å². The van der Waals surface area contributed by atoms with Gasteiger partial charge in [-0.3, -0.25) is 4.79 Å². The van der Waals surface area contributed by atoms with Crippen LogP contribution in [0.5, 0.6) is 5.75 Å². The Balaban J connectivity index is 1.40. The van der Waals surface area contributed by atoms with Gasteiger partial charge in [-0.25, -0.2) is 4.79 Å². The number of benzene rings is 2. The SMILES string of the molecule is CCn1c(COc2ccc(C(C)C)cc2)nnc1SCC(=O)Nc1scc(-c2ccc(Cl)cc2)c1C(=O)OC. The van der Waals surface area contributed by atoms with Gasteiger partial charge in [0.15, 0.2) is 11.0 Å². The van der Waals surface area contributed by atoms with Crippen molar-refractivity contribution < 1.29 is 19.1 Å². The topological polar surface area (TPSA) is 95.3 Å². The summed E-state index contributed by atoms with van der Waals surface area (Å²) in [5.74, 6) is 1.17. The zero-order chi connectivity index (χ0) is 27.9. The van der Waals surface area contributed by atoms with E-state index in [-0.39, 0.29) is 18.3 Å². The summed E-state index contributed by atoms with van der Waals surface area (Å²) in [6, 6.07) is 15.1. The predicted molar refractivity (Wildman–Crippen MR) is 156 cm³/mol. The molecule has 0 aliphatic carbocycles. The molecule has 2 heterocycles. The van der Waals surface area contributed by atoms with Gasteiger partial charge in [0.1, 0.15) is 22.9 Å². The molecule has 0 saturated carbocycles. The first-order chi connectivity index (χ1) is 18.8. The van der Waals surface area contributed by atoms with E-state index in [4.69, 9.17) is 21.1 Å². The third-order valence-corrected chi connectivity index (χ3v) is 8.06. The number of thioether (sulfide) groups is 1. The Hall–Kier alpha value is -3.34. The highest BCUT2D eigenvalue weighted by Crippen LogP contribution is 2.36. The van der Waals surface area contributed by atoms with Gasteiger partial charge in [-0.15, -0.1) is 21.5 Å². The Bertz CT molecular complexity index is 1430. The first-order valence-electron chi connectivity index (χ1n) is 12.3. The number of ether oxygens (including phenoxy) is 2. The Morgan fingerprint density at radius 1 is 1.10 bits per heavy atom. The summed E-state index contributed by atoms with van der Waals surface area (Å²) in [6.07, 6.45) is 0. The summed E-state index contributed by atoms with van der Waals surface area (Å²) in [5.41, 5.74) is 3.02. The second kappa shape index (κ2) is 13.1. The summed E-state index contributed by atoms with van der Waals surface area (Å²) in [5, 5.41) is 14.8. The van der Waals surface area contributed by atoms with Crippen LogP contribution in [-0.2, 0) is 22.7 Å². The minimum atomic E-state index is -0.529. The highest BCUT2D eigenvalue weighted by Gasteiger charge is 2.23. The molecule has 39 heavy (non-hydrogen) atoms. The summed E-state index contributed by atoms with van der Waals surface area (Å²) >= 11 is 8.53. The number of amides is 1. The van der Waals surface area contributed by atoms with Crippen molar-refractivity contribution in [3.05, 3.63) is 75.9 Å². The van der Waals surface area contributed by atoms with Crippen molar-refractivity contribution in [2.24, 2.45) is 0 Å². The van der Waals surface area contributed by atoms with Crippen molar-refractivity contribution in [3.8, 4) is 16.9 Å². The number of carbonyl (C=O) groups excluding carboxylic acids is 2. The van der Waals surface area contributed by atoms with E-state index in [1.165, 1.54) is 35.8 Å². The minimum Gasteiger partial charge on any atom is -0.486 e. The third kappa shape index (κ3) is 7.00. The number of aromatic nitrogens is 3. The molecule has 0 bridgehead atoms. The van der Waals surface area contributed by atoms with Gasteiger partial charge in [-0.2, -0.15) is 0 Å². The molecule has 2 aromatic heterocycles. The molecule has 8 nitrogen and oxygen atoms in total. The Morgan fingerprint density at radius 2 is 1.82 bits per heavy atom. The molecule has 0 aliphatic rings. The lowest BCUT2D eigenvalue weighted by atomic mass is 10.0. The van der Waals surface area contributed by atoms with Gasteiger partial charge in [0.2, 0.25) is 5.91 Å². The number of nitrogens with one attached hydrogen (secondary N) is 1. The largest absolute Gasteiger partial charge is 0.486 e. The smallest absolute Gasteiger partial charge is 0.341 e. The molecule has 0 aliphatic heterocycles. The molecular weight excluding hydrogens is 556 g/mol. The number of methoxy groups -OCH3 is 1. The van der Waals surface area contributed by atoms with Crippen LogP contribution in [0, 0.1) is 0 Å². The number of anilines is 1. The Kier molecular flexibility index (Phi) is 9.66. The van der Waals surface area contributed by atoms with E-state index in [9.17, 15) is 9.59 Å². The fourth-order valence-corrected chi connectivity index (χ4v) is 5.76. The van der Waals surface area contributed by atoms with Crippen molar-refractivity contribution in [3.63, 3.8) is 0 Å². The van der Waals surface area contributed by atoms with Crippen LogP contribution >= 0.6 is 34.7 Å². The molecule has 2 aromatic carbocycles. The molecule has 0 atom stereocenters. The zero-order valence-electron chi connectivity index (χ0n) is 22.1. The van der Waals surface area contributed by atoms with Crippen LogP contribution in [-0.4, -0.2) is 39.5 Å². The Morgan fingerprint density at radius 3 is 2.46 bits per heavy atom. The number of rotatable bonds is 11. The van der Waals surface area contributed by atoms with Crippen LogP contribution in [0.3, 0.4) is 0 Å². The van der Waals surface area contributed by atoms with Crippen molar-refractivity contribution in [2.75, 3.05) is 18.2 Å². The summed E-state index contributed by atoms with van der Waals surface area (Å²) in [4.78, 5) is 25.4. The number of nitrogens with zero attached hydrogens (tertiary/aromatic N) is 3. The van der Waals surface area contributed by atoms with Gasteiger partial charge in [0, 0.05) is 22.5 Å². The molecule has 204 valence electrons. The maximum absolute atomic E-state index is 12.9. The van der Waals surface area contributed by atoms with Crippen LogP contribution in [0.15, 0.2) is 59.1 Å². The number of hydrogen-bond donors (Lipinski definition) is 1. The first-order valence-corrected chi connectivity index (χ1v) is 14.6. The van der Waals surface area contributed by atoms with E-state index in [0.29, 0.717) is 44.6 Å². The molecule has 0 unspecified atom stereocenters. The third-order valence-electron chi connectivity index (χ3n) is 5.95. The molecule has 1 amide bonds. The standard InChI is InChI=1S/C28H29ClN4O4S2/c1-5-33-23(14-37-21-12-8-18(9-13-21)17(2)3)31-32-28(33)39-16-24(34)30-26-25(27(35)36-4)22(15-38-26)19-6-10-20(29)11-7-19/h6-13,15,17H,5,14,16H2,1-4H3,(H,30,34). The summed E-state index contributed by atoms with van der Waals surface area (Å²) in [6.45, 7) is 7.18. The van der Waals surface area contributed by atoms with Crippen molar-refractivity contribution in [1.29, 1.82) is 0 Å². The highest BCUT2D eigenvalue weighted by molar-refractivity contribution is 7.99. The Labute approximate surface area is 240 Å².